The van der Waals surface area contributed by atoms with Gasteiger partial charge in [-0.05, 0) is 17.9 Å². The monoisotopic (exact) mass is 268 g/mol. The number of sulfone groups is 1. The lowest BCUT2D eigenvalue weighted by Gasteiger charge is -1.97. The average molecular weight is 269 g/mol. The predicted octanol–water partition coefficient (Wildman–Crippen LogP) is 2.31. The highest BCUT2D eigenvalue weighted by molar-refractivity contribution is 9.09. The molecule has 12 heavy (non-hydrogen) atoms. The second-order valence-electron chi connectivity index (χ2n) is 2.29. The van der Waals surface area contributed by atoms with Crippen molar-refractivity contribution in [1.82, 2.24) is 0 Å². The van der Waals surface area contributed by atoms with Crippen LogP contribution in [0.1, 0.15) is 6.42 Å². The first-order valence-corrected chi connectivity index (χ1v) is 7.14. The second kappa shape index (κ2) is 4.39. The maximum absolute atomic E-state index is 11.4. The van der Waals surface area contributed by atoms with Gasteiger partial charge in [0.15, 0.2) is 9.84 Å². The molecular weight excluding hydrogens is 260 g/mol. The molecule has 0 aliphatic heterocycles. The number of hydrogen-bond donors (Lipinski definition) is 0. The molecule has 0 aromatic carbocycles. The first-order chi connectivity index (χ1) is 5.67. The molecule has 1 rings (SSSR count). The van der Waals surface area contributed by atoms with E-state index in [2.05, 4.69) is 15.9 Å². The van der Waals surface area contributed by atoms with E-state index in [1.807, 2.05) is 0 Å². The van der Waals surface area contributed by atoms with Crippen LogP contribution < -0.4 is 0 Å². The fourth-order valence-corrected chi connectivity index (χ4v) is 3.90. The Hall–Kier alpha value is 0.130. The lowest BCUT2D eigenvalue weighted by Crippen LogP contribution is -2.04. The molecule has 0 amide bonds. The van der Waals surface area contributed by atoms with Crippen molar-refractivity contribution in [3.63, 3.8) is 0 Å². The van der Waals surface area contributed by atoms with E-state index < -0.39 is 9.84 Å². The zero-order valence-corrected chi connectivity index (χ0v) is 9.58. The molecule has 0 spiro atoms. The highest BCUT2D eigenvalue weighted by Gasteiger charge is 2.13. The molecule has 0 aliphatic carbocycles. The summed E-state index contributed by atoms with van der Waals surface area (Å²) in [6.45, 7) is 0. The predicted molar refractivity (Wildman–Crippen MR) is 54.8 cm³/mol. The summed E-state index contributed by atoms with van der Waals surface area (Å²) < 4.78 is 23.4. The summed E-state index contributed by atoms with van der Waals surface area (Å²) in [6.07, 6.45) is 0.667. The Labute approximate surface area is 84.7 Å². The summed E-state index contributed by atoms with van der Waals surface area (Å²) in [4.78, 5) is 0. The maximum Gasteiger partial charge on any atom is 0.187 e. The van der Waals surface area contributed by atoms with E-state index in [9.17, 15) is 8.42 Å². The average Bonchev–Trinajstić information content (AvgIpc) is 2.53. The van der Waals surface area contributed by atoms with Gasteiger partial charge in [-0.3, -0.25) is 0 Å². The molecular formula is C7H9BrO2S2. The second-order valence-corrected chi connectivity index (χ2v) is 6.37. The third-order valence-corrected chi connectivity index (χ3v) is 5.20. The highest BCUT2D eigenvalue weighted by atomic mass is 79.9. The van der Waals surface area contributed by atoms with Crippen molar-refractivity contribution in [2.24, 2.45) is 0 Å². The Morgan fingerprint density at radius 1 is 1.50 bits per heavy atom. The van der Waals surface area contributed by atoms with Crippen LogP contribution in [0.25, 0.3) is 0 Å². The van der Waals surface area contributed by atoms with Crippen molar-refractivity contribution in [1.29, 1.82) is 0 Å². The van der Waals surface area contributed by atoms with Crippen LogP contribution in [0.2, 0.25) is 0 Å². The van der Waals surface area contributed by atoms with Gasteiger partial charge in [-0.1, -0.05) is 22.0 Å². The van der Waals surface area contributed by atoms with Gasteiger partial charge in [-0.25, -0.2) is 8.42 Å². The lowest BCUT2D eigenvalue weighted by atomic mass is 10.6. The van der Waals surface area contributed by atoms with Crippen molar-refractivity contribution in [3.8, 4) is 0 Å². The number of halogens is 1. The summed E-state index contributed by atoms with van der Waals surface area (Å²) >= 11 is 4.48. The van der Waals surface area contributed by atoms with Crippen molar-refractivity contribution in [2.45, 2.75) is 10.6 Å². The fraction of sp³-hybridized carbons (Fsp3) is 0.429. The van der Waals surface area contributed by atoms with Crippen molar-refractivity contribution in [3.05, 3.63) is 17.5 Å². The van der Waals surface area contributed by atoms with Crippen LogP contribution in [0.5, 0.6) is 0 Å². The molecule has 1 heterocycles. The molecule has 0 bridgehead atoms. The van der Waals surface area contributed by atoms with Crippen molar-refractivity contribution in [2.75, 3.05) is 11.1 Å². The first kappa shape index (κ1) is 10.2. The van der Waals surface area contributed by atoms with Crippen LogP contribution in [0, 0.1) is 0 Å². The topological polar surface area (TPSA) is 34.1 Å². The normalized spacial score (nSPS) is 11.8. The van der Waals surface area contributed by atoms with E-state index in [0.717, 1.165) is 5.33 Å². The third-order valence-electron chi connectivity index (χ3n) is 1.35. The van der Waals surface area contributed by atoms with Crippen LogP contribution >= 0.6 is 27.3 Å². The van der Waals surface area contributed by atoms with E-state index in [0.29, 0.717) is 10.6 Å². The standard InChI is InChI=1S/C7H9BrO2S2/c8-4-2-6-12(9,10)7-3-1-5-11-7/h1,3,5H,2,4,6H2. The zero-order chi connectivity index (χ0) is 9.03. The Morgan fingerprint density at radius 3 is 2.75 bits per heavy atom. The van der Waals surface area contributed by atoms with Gasteiger partial charge in [-0.2, -0.15) is 0 Å². The minimum Gasteiger partial charge on any atom is -0.223 e. The van der Waals surface area contributed by atoms with Gasteiger partial charge >= 0.3 is 0 Å². The van der Waals surface area contributed by atoms with E-state index in [1.165, 1.54) is 11.3 Å². The Morgan fingerprint density at radius 2 is 2.25 bits per heavy atom. The van der Waals surface area contributed by atoms with Crippen molar-refractivity contribution < 1.29 is 8.42 Å². The van der Waals surface area contributed by atoms with Crippen molar-refractivity contribution >= 4 is 37.1 Å². The highest BCUT2D eigenvalue weighted by Crippen LogP contribution is 2.18. The number of rotatable bonds is 4. The SMILES string of the molecule is O=S(=O)(CCCBr)c1cccs1. The zero-order valence-electron chi connectivity index (χ0n) is 6.36. The van der Waals surface area contributed by atoms with Gasteiger partial charge in [0.25, 0.3) is 0 Å². The lowest BCUT2D eigenvalue weighted by molar-refractivity contribution is 0.597. The number of thiophene rings is 1. The smallest absolute Gasteiger partial charge is 0.187 e. The quantitative estimate of drug-likeness (QED) is 0.786. The summed E-state index contributed by atoms with van der Waals surface area (Å²) in [7, 11) is -2.99. The molecule has 68 valence electrons. The van der Waals surface area contributed by atoms with Crippen LogP contribution in [0.3, 0.4) is 0 Å². The molecule has 1 aromatic heterocycles. The van der Waals surface area contributed by atoms with Crippen LogP contribution in [0.4, 0.5) is 0 Å². The molecule has 2 nitrogen and oxygen atoms in total. The number of hydrogen-bond acceptors (Lipinski definition) is 3. The Bertz CT molecular complexity index is 315. The van der Waals surface area contributed by atoms with Gasteiger partial charge in [0, 0.05) is 5.33 Å². The largest absolute Gasteiger partial charge is 0.223 e. The van der Waals surface area contributed by atoms with E-state index in [-0.39, 0.29) is 5.75 Å². The molecule has 0 saturated heterocycles. The van der Waals surface area contributed by atoms with E-state index in [1.54, 1.807) is 17.5 Å². The summed E-state index contributed by atoms with van der Waals surface area (Å²) in [5.41, 5.74) is 0. The fourth-order valence-electron chi connectivity index (χ4n) is 0.786. The minimum absolute atomic E-state index is 0.235. The molecule has 0 aliphatic rings. The summed E-state index contributed by atoms with van der Waals surface area (Å²) in [5.74, 6) is 0.235. The van der Waals surface area contributed by atoms with Gasteiger partial charge in [0.2, 0.25) is 0 Å². The molecule has 0 atom stereocenters. The molecule has 0 unspecified atom stereocenters. The van der Waals surface area contributed by atoms with Gasteiger partial charge < -0.3 is 0 Å². The van der Waals surface area contributed by atoms with E-state index in [4.69, 9.17) is 0 Å². The first-order valence-electron chi connectivity index (χ1n) is 3.49. The molecule has 0 radical (unpaired) electrons. The molecule has 0 fully saturated rings. The minimum atomic E-state index is -2.99. The van der Waals surface area contributed by atoms with Gasteiger partial charge in [0.1, 0.15) is 4.21 Å². The Balaban J connectivity index is 2.74. The van der Waals surface area contributed by atoms with Gasteiger partial charge in [0.05, 0.1) is 5.75 Å². The van der Waals surface area contributed by atoms with Crippen LogP contribution in [0.15, 0.2) is 21.7 Å². The molecule has 1 aromatic rings. The maximum atomic E-state index is 11.4. The number of alkyl halides is 1. The third kappa shape index (κ3) is 2.57. The van der Waals surface area contributed by atoms with Crippen LogP contribution in [-0.2, 0) is 9.84 Å². The Kier molecular flexibility index (Phi) is 3.74. The molecule has 0 saturated carbocycles. The van der Waals surface area contributed by atoms with Gasteiger partial charge in [-0.15, -0.1) is 11.3 Å². The molecule has 5 heteroatoms. The molecule has 0 N–H and O–H groups in total. The van der Waals surface area contributed by atoms with E-state index >= 15 is 0 Å². The summed E-state index contributed by atoms with van der Waals surface area (Å²) in [6, 6.07) is 3.40. The summed E-state index contributed by atoms with van der Waals surface area (Å²) in [5, 5.41) is 2.51. The van der Waals surface area contributed by atoms with Crippen LogP contribution in [-0.4, -0.2) is 19.5 Å².